The molecule has 1 heterocycles. The number of pyridine rings is 1. The van der Waals surface area contributed by atoms with Gasteiger partial charge in [0.15, 0.2) is 5.60 Å². The van der Waals surface area contributed by atoms with Crippen molar-refractivity contribution in [2.45, 2.75) is 78.0 Å². The van der Waals surface area contributed by atoms with E-state index in [-0.39, 0.29) is 43.3 Å². The highest BCUT2D eigenvalue weighted by Crippen LogP contribution is 2.61. The summed E-state index contributed by atoms with van der Waals surface area (Å²) in [5.74, 6) is 1.39. The Morgan fingerprint density at radius 1 is 1.35 bits per heavy atom. The first-order valence-electron chi connectivity index (χ1n) is 10.8. The van der Waals surface area contributed by atoms with Gasteiger partial charge in [-0.1, -0.05) is 34.6 Å². The van der Waals surface area contributed by atoms with Crippen LogP contribution in [0.2, 0.25) is 0 Å². The molecule has 0 unspecified atom stereocenters. The van der Waals surface area contributed by atoms with E-state index in [0.717, 1.165) is 6.42 Å². The van der Waals surface area contributed by atoms with Gasteiger partial charge in [-0.05, 0) is 54.4 Å². The number of carboxylic acids is 1. The van der Waals surface area contributed by atoms with Gasteiger partial charge in [-0.25, -0.2) is 4.79 Å². The first-order valence-corrected chi connectivity index (χ1v) is 10.8. The van der Waals surface area contributed by atoms with Crippen LogP contribution >= 0.6 is 24.8 Å². The van der Waals surface area contributed by atoms with Crippen LogP contribution < -0.4 is 10.5 Å². The molecule has 3 aliphatic carbocycles. The van der Waals surface area contributed by atoms with Crippen molar-refractivity contribution < 1.29 is 19.7 Å². The smallest absolute Gasteiger partial charge is 0.337 e. The van der Waals surface area contributed by atoms with Crippen molar-refractivity contribution in [3.8, 4) is 5.75 Å². The summed E-state index contributed by atoms with van der Waals surface area (Å²) in [5.41, 5.74) is 4.88. The van der Waals surface area contributed by atoms with E-state index in [1.807, 2.05) is 13.8 Å². The molecule has 3 saturated carbocycles. The molecule has 6 atom stereocenters. The highest BCUT2D eigenvalue weighted by molar-refractivity contribution is 5.85. The average molecular weight is 477 g/mol. The molecule has 1 aromatic rings. The van der Waals surface area contributed by atoms with Crippen molar-refractivity contribution in [1.29, 1.82) is 0 Å². The van der Waals surface area contributed by atoms with E-state index in [1.54, 1.807) is 18.3 Å². The van der Waals surface area contributed by atoms with E-state index in [1.165, 1.54) is 6.42 Å². The summed E-state index contributed by atoms with van der Waals surface area (Å²) >= 11 is 0. The fourth-order valence-electron chi connectivity index (χ4n) is 5.40. The number of carbonyl (C=O) groups is 1. The fourth-order valence-corrected chi connectivity index (χ4v) is 5.40. The minimum Gasteiger partial charge on any atom is -0.490 e. The van der Waals surface area contributed by atoms with Gasteiger partial charge in [0.1, 0.15) is 11.9 Å². The summed E-state index contributed by atoms with van der Waals surface area (Å²) in [5, 5.41) is 20.4. The summed E-state index contributed by atoms with van der Waals surface area (Å²) in [4.78, 5) is 16.1. The number of rotatable bonds is 8. The number of halogens is 2. The van der Waals surface area contributed by atoms with Gasteiger partial charge < -0.3 is 20.7 Å². The lowest BCUT2D eigenvalue weighted by atomic mass is 9.45. The lowest BCUT2D eigenvalue weighted by molar-refractivity contribution is -0.161. The van der Waals surface area contributed by atoms with Crippen LogP contribution in [0.5, 0.6) is 5.75 Å². The molecule has 178 valence electrons. The van der Waals surface area contributed by atoms with E-state index in [0.29, 0.717) is 41.0 Å². The molecule has 2 bridgehead atoms. The monoisotopic (exact) mass is 476 g/mol. The van der Waals surface area contributed by atoms with Gasteiger partial charge >= 0.3 is 5.97 Å². The van der Waals surface area contributed by atoms with E-state index in [9.17, 15) is 15.0 Å². The first-order chi connectivity index (χ1) is 13.4. The molecule has 8 heteroatoms. The number of aromatic nitrogens is 1. The predicted molar refractivity (Wildman–Crippen MR) is 126 cm³/mol. The zero-order valence-electron chi connectivity index (χ0n) is 19.1. The predicted octanol–water partition coefficient (Wildman–Crippen LogP) is 4.11. The average Bonchev–Trinajstić information content (AvgIpc) is 2.62. The zero-order valence-corrected chi connectivity index (χ0v) is 20.7. The standard InChI is InChI=1S/C23H36N2O4.2ClH/c1-13(2)8-20(24)23(28,21(26)27)12-16-11-17(6-7-25-16)29-19-10-15-9-18(14(19)3)22(15,4)5;;/h6-7,11,13-15,18-20,28H,8-10,12,24H2,1-5H3,(H,26,27);2*1H/t14-,15+,18-,19+,20-,23+;;/m0../s1. The third-order valence-electron chi connectivity index (χ3n) is 7.52. The Kier molecular flexibility index (Phi) is 9.23. The second-order valence-electron chi connectivity index (χ2n) is 10.2. The Morgan fingerprint density at radius 2 is 2.00 bits per heavy atom. The molecule has 3 aliphatic rings. The highest BCUT2D eigenvalue weighted by atomic mass is 35.5. The van der Waals surface area contributed by atoms with Gasteiger partial charge in [0.2, 0.25) is 0 Å². The fraction of sp³-hybridized carbons (Fsp3) is 0.739. The number of nitrogens with two attached hydrogens (primary N) is 1. The summed E-state index contributed by atoms with van der Waals surface area (Å²) < 4.78 is 6.30. The molecule has 31 heavy (non-hydrogen) atoms. The van der Waals surface area contributed by atoms with Crippen LogP contribution in [0, 0.1) is 29.1 Å². The molecule has 0 amide bonds. The number of fused-ring (bicyclic) bond motifs is 2. The van der Waals surface area contributed by atoms with Crippen LogP contribution in [0.25, 0.3) is 0 Å². The number of hydrogen-bond acceptors (Lipinski definition) is 5. The number of nitrogens with zero attached hydrogens (tertiary/aromatic N) is 1. The highest BCUT2D eigenvalue weighted by Gasteiger charge is 2.57. The van der Waals surface area contributed by atoms with Crippen LogP contribution in [-0.4, -0.2) is 38.9 Å². The van der Waals surface area contributed by atoms with E-state index in [2.05, 4.69) is 25.8 Å². The topological polar surface area (TPSA) is 106 Å². The van der Waals surface area contributed by atoms with Crippen molar-refractivity contribution in [1.82, 2.24) is 4.98 Å². The third kappa shape index (κ3) is 5.47. The second kappa shape index (κ2) is 10.2. The Hall–Kier alpha value is -1.08. The number of carboxylic acid groups (broad SMARTS) is 1. The molecule has 4 rings (SSSR count). The van der Waals surface area contributed by atoms with E-state index < -0.39 is 17.6 Å². The Bertz CT molecular complexity index is 761. The molecule has 1 aromatic heterocycles. The van der Waals surface area contributed by atoms with Crippen molar-refractivity contribution in [3.05, 3.63) is 24.0 Å². The summed E-state index contributed by atoms with van der Waals surface area (Å²) in [6.45, 7) is 10.9. The molecule has 0 aliphatic heterocycles. The van der Waals surface area contributed by atoms with Gasteiger partial charge in [-0.15, -0.1) is 24.8 Å². The third-order valence-corrected chi connectivity index (χ3v) is 7.52. The molecule has 0 spiro atoms. The maximum absolute atomic E-state index is 11.8. The van der Waals surface area contributed by atoms with Crippen LogP contribution in [-0.2, 0) is 11.2 Å². The van der Waals surface area contributed by atoms with Crippen molar-refractivity contribution in [3.63, 3.8) is 0 Å². The lowest BCUT2D eigenvalue weighted by Gasteiger charge is -2.61. The SMILES string of the molecule is CC(C)C[C@H](N)[C@](O)(Cc1cc(O[C@@H]2C[C@H]3C[C@@H]([C@@H]2C)C3(C)C)ccn1)C(=O)O.Cl.Cl. The Morgan fingerprint density at radius 3 is 2.52 bits per heavy atom. The van der Waals surface area contributed by atoms with Crippen LogP contribution in [0.1, 0.15) is 59.6 Å². The van der Waals surface area contributed by atoms with Gasteiger partial charge in [0, 0.05) is 30.4 Å². The number of ether oxygens (including phenoxy) is 1. The summed E-state index contributed by atoms with van der Waals surface area (Å²) in [7, 11) is 0. The number of hydrogen-bond donors (Lipinski definition) is 3. The summed E-state index contributed by atoms with van der Waals surface area (Å²) in [6, 6.07) is 2.67. The first kappa shape index (κ1) is 28.0. The zero-order chi connectivity index (χ0) is 21.6. The Labute approximate surface area is 198 Å². The number of aliphatic carboxylic acids is 1. The van der Waals surface area contributed by atoms with Gasteiger partial charge in [-0.3, -0.25) is 4.98 Å². The molecule has 0 saturated heterocycles. The molecule has 0 aromatic carbocycles. The van der Waals surface area contributed by atoms with Gasteiger partial charge in [0.05, 0.1) is 0 Å². The van der Waals surface area contributed by atoms with Crippen LogP contribution in [0.15, 0.2) is 18.3 Å². The minimum absolute atomic E-state index is 0. The van der Waals surface area contributed by atoms with Crippen LogP contribution in [0.3, 0.4) is 0 Å². The van der Waals surface area contributed by atoms with E-state index in [4.69, 9.17) is 10.5 Å². The normalized spacial score (nSPS) is 28.9. The molecule has 6 nitrogen and oxygen atoms in total. The van der Waals surface area contributed by atoms with Gasteiger partial charge in [0.25, 0.3) is 0 Å². The van der Waals surface area contributed by atoms with Crippen molar-refractivity contribution in [2.75, 3.05) is 0 Å². The second-order valence-corrected chi connectivity index (χ2v) is 10.2. The van der Waals surface area contributed by atoms with Crippen molar-refractivity contribution >= 4 is 30.8 Å². The maximum Gasteiger partial charge on any atom is 0.337 e. The van der Waals surface area contributed by atoms with Crippen molar-refractivity contribution in [2.24, 2.45) is 34.8 Å². The largest absolute Gasteiger partial charge is 0.490 e. The Balaban J connectivity index is 0.00000240. The number of aliphatic hydroxyl groups is 1. The lowest BCUT2D eigenvalue weighted by Crippen LogP contribution is -2.58. The molecular formula is C23H38Cl2N2O4. The molecule has 4 N–H and O–H groups in total. The quantitative estimate of drug-likeness (QED) is 0.521. The van der Waals surface area contributed by atoms with E-state index >= 15 is 0 Å². The molecular weight excluding hydrogens is 439 g/mol. The molecule has 3 fully saturated rings. The van der Waals surface area contributed by atoms with Gasteiger partial charge in [-0.2, -0.15) is 0 Å². The maximum atomic E-state index is 11.8. The summed E-state index contributed by atoms with van der Waals surface area (Å²) in [6.07, 6.45) is 4.36. The van der Waals surface area contributed by atoms with Crippen LogP contribution in [0.4, 0.5) is 0 Å². The molecule has 0 radical (unpaired) electrons. The minimum atomic E-state index is -2.06.